The molecule has 2 aromatic rings. The minimum Gasteiger partial charge on any atom is -0.487 e. The minimum absolute atomic E-state index is 0.00586. The maximum Gasteiger partial charge on any atom is 0.471 e. The van der Waals surface area contributed by atoms with Crippen LogP contribution in [0.4, 0.5) is 33.7 Å². The summed E-state index contributed by atoms with van der Waals surface area (Å²) in [6, 6.07) is 9.08. The third-order valence-electron chi connectivity index (χ3n) is 7.46. The zero-order valence-corrected chi connectivity index (χ0v) is 28.0. The molecule has 4 rings (SSSR count). The maximum atomic E-state index is 16.8. The van der Waals surface area contributed by atoms with E-state index < -0.39 is 65.2 Å². The summed E-state index contributed by atoms with van der Waals surface area (Å²) in [6.07, 6.45) is -5.57. The lowest BCUT2D eigenvalue weighted by Gasteiger charge is -2.31. The largest absolute Gasteiger partial charge is 0.487 e. The topological polar surface area (TPSA) is 107 Å². The number of carbonyl (C=O) groups excluding carboxylic acids is 3. The molecule has 2 aliphatic rings. The molecule has 1 N–H and O–H groups in total. The van der Waals surface area contributed by atoms with E-state index in [2.05, 4.69) is 5.32 Å². The average molecular weight is 682 g/mol. The van der Waals surface area contributed by atoms with Crippen LogP contribution >= 0.6 is 0 Å². The molecule has 1 atom stereocenters. The lowest BCUT2D eigenvalue weighted by Crippen LogP contribution is -2.46. The zero-order valence-electron chi connectivity index (χ0n) is 28.0. The SMILES string of the molecule is CC(C)(C)OC(=O)CN(C(=O)C(F)(F)F)c1c(OCc2ccccc2)cc2c(c1F)C[C@H](CNCCC1COC1)N2C(=O)OC(C)(C)C. The van der Waals surface area contributed by atoms with Crippen LogP contribution in [0.1, 0.15) is 59.1 Å². The van der Waals surface area contributed by atoms with Crippen molar-refractivity contribution in [1.82, 2.24) is 5.32 Å². The molecule has 2 aromatic carbocycles. The fourth-order valence-electron chi connectivity index (χ4n) is 5.33. The molecule has 2 heterocycles. The van der Waals surface area contributed by atoms with E-state index in [9.17, 15) is 27.6 Å². The van der Waals surface area contributed by atoms with Crippen LogP contribution in [0.5, 0.6) is 5.75 Å². The van der Waals surface area contributed by atoms with E-state index >= 15 is 4.39 Å². The second-order valence-corrected chi connectivity index (χ2v) is 13.9. The van der Waals surface area contributed by atoms with Crippen LogP contribution in [0.3, 0.4) is 0 Å². The molecule has 1 saturated heterocycles. The van der Waals surface area contributed by atoms with Crippen molar-refractivity contribution in [1.29, 1.82) is 0 Å². The average Bonchev–Trinajstić information content (AvgIpc) is 3.30. The number of benzene rings is 2. The van der Waals surface area contributed by atoms with E-state index in [0.29, 0.717) is 31.2 Å². The predicted octanol–water partition coefficient (Wildman–Crippen LogP) is 5.93. The minimum atomic E-state index is -5.48. The summed E-state index contributed by atoms with van der Waals surface area (Å²) in [5.74, 6) is -4.99. The van der Waals surface area contributed by atoms with E-state index in [-0.39, 0.29) is 35.7 Å². The lowest BCUT2D eigenvalue weighted by molar-refractivity contribution is -0.171. The van der Waals surface area contributed by atoms with Crippen molar-refractivity contribution < 1.29 is 50.9 Å². The van der Waals surface area contributed by atoms with Gasteiger partial charge in [0.15, 0.2) is 5.82 Å². The molecule has 48 heavy (non-hydrogen) atoms. The second-order valence-electron chi connectivity index (χ2n) is 13.9. The van der Waals surface area contributed by atoms with Crippen LogP contribution < -0.4 is 19.9 Å². The number of fused-ring (bicyclic) bond motifs is 1. The van der Waals surface area contributed by atoms with Gasteiger partial charge in [0.05, 0.1) is 24.9 Å². The molecule has 0 saturated carbocycles. The number of carbonyl (C=O) groups is 3. The van der Waals surface area contributed by atoms with Gasteiger partial charge in [0, 0.05) is 24.1 Å². The van der Waals surface area contributed by atoms with Gasteiger partial charge in [-0.3, -0.25) is 19.4 Å². The number of rotatable bonds is 11. The quantitative estimate of drug-likeness (QED) is 0.177. The van der Waals surface area contributed by atoms with Crippen LogP contribution in [0.2, 0.25) is 0 Å². The van der Waals surface area contributed by atoms with Crippen molar-refractivity contribution in [2.24, 2.45) is 5.92 Å². The number of alkyl halides is 3. The van der Waals surface area contributed by atoms with Gasteiger partial charge in [-0.1, -0.05) is 30.3 Å². The number of amides is 2. The number of esters is 1. The van der Waals surface area contributed by atoms with Gasteiger partial charge in [0.25, 0.3) is 0 Å². The molecule has 10 nitrogen and oxygen atoms in total. The van der Waals surface area contributed by atoms with Crippen molar-refractivity contribution in [2.45, 2.75) is 84.4 Å². The molecule has 2 amide bonds. The first-order chi connectivity index (χ1) is 22.3. The fraction of sp³-hybridized carbons (Fsp3) is 0.559. The Morgan fingerprint density at radius 2 is 1.65 bits per heavy atom. The number of nitrogens with zero attached hydrogens (tertiary/aromatic N) is 2. The first-order valence-corrected chi connectivity index (χ1v) is 15.8. The van der Waals surface area contributed by atoms with Gasteiger partial charge in [-0.15, -0.1) is 0 Å². The number of nitrogens with one attached hydrogen (secondary N) is 1. The first kappa shape index (κ1) is 36.9. The number of anilines is 2. The molecule has 14 heteroatoms. The molecule has 0 spiro atoms. The number of halogens is 4. The normalized spacial score (nSPS) is 16.6. The van der Waals surface area contributed by atoms with Gasteiger partial charge in [-0.25, -0.2) is 9.18 Å². The van der Waals surface area contributed by atoms with Crippen molar-refractivity contribution in [3.05, 3.63) is 53.3 Å². The smallest absolute Gasteiger partial charge is 0.471 e. The Morgan fingerprint density at radius 1 is 1.00 bits per heavy atom. The molecule has 264 valence electrons. The van der Waals surface area contributed by atoms with Crippen LogP contribution in [-0.4, -0.2) is 74.2 Å². The molecule has 0 aliphatic carbocycles. The Hall–Kier alpha value is -3.91. The van der Waals surface area contributed by atoms with Gasteiger partial charge in [-0.2, -0.15) is 13.2 Å². The monoisotopic (exact) mass is 681 g/mol. The van der Waals surface area contributed by atoms with Gasteiger partial charge >= 0.3 is 24.1 Å². The van der Waals surface area contributed by atoms with E-state index in [1.165, 1.54) is 31.7 Å². The highest BCUT2D eigenvalue weighted by atomic mass is 19.4. The Labute approximate surface area is 277 Å². The summed E-state index contributed by atoms with van der Waals surface area (Å²) < 4.78 is 80.9. The van der Waals surface area contributed by atoms with Gasteiger partial charge in [0.1, 0.15) is 35.8 Å². The molecule has 1 fully saturated rings. The standard InChI is InChI=1S/C34H43F4N3O7/c1-32(2,3)47-27(42)17-40(30(43)34(36,37)38)29-26(46-20-21-10-8-7-9-11-21)15-25-24(28(29)35)14-23(16-39-13-12-22-18-45-19-22)41(25)31(44)48-33(4,5)6/h7-11,15,22-23,39H,12-14,16-20H2,1-6H3/t23-/m1/s1. The molecule has 0 unspecified atom stereocenters. The highest BCUT2D eigenvalue weighted by Crippen LogP contribution is 2.45. The molecule has 0 aromatic heterocycles. The second kappa shape index (κ2) is 14.7. The van der Waals surface area contributed by atoms with Crippen LogP contribution in [0, 0.1) is 11.7 Å². The van der Waals surface area contributed by atoms with E-state index in [1.54, 1.807) is 51.1 Å². The number of ether oxygens (including phenoxy) is 4. The van der Waals surface area contributed by atoms with Crippen molar-refractivity contribution in [3.8, 4) is 5.75 Å². The fourth-order valence-corrected chi connectivity index (χ4v) is 5.33. The number of hydrogen-bond acceptors (Lipinski definition) is 8. The molecule has 0 bridgehead atoms. The highest BCUT2D eigenvalue weighted by Gasteiger charge is 2.47. The lowest BCUT2D eigenvalue weighted by atomic mass is 10.0. The molecule has 2 aliphatic heterocycles. The number of hydrogen-bond donors (Lipinski definition) is 1. The summed E-state index contributed by atoms with van der Waals surface area (Å²) >= 11 is 0. The van der Waals surface area contributed by atoms with Crippen LogP contribution in [-0.2, 0) is 36.8 Å². The van der Waals surface area contributed by atoms with Gasteiger partial charge < -0.3 is 24.3 Å². The Balaban J connectivity index is 1.81. The summed E-state index contributed by atoms with van der Waals surface area (Å²) in [4.78, 5) is 40.5. The Bertz CT molecular complexity index is 1470. The summed E-state index contributed by atoms with van der Waals surface area (Å²) in [7, 11) is 0. The van der Waals surface area contributed by atoms with E-state index in [1.807, 2.05) is 0 Å². The van der Waals surface area contributed by atoms with Gasteiger partial charge in [0.2, 0.25) is 0 Å². The van der Waals surface area contributed by atoms with E-state index in [0.717, 1.165) is 6.42 Å². The van der Waals surface area contributed by atoms with Crippen molar-refractivity contribution >= 4 is 29.3 Å². The highest BCUT2D eigenvalue weighted by molar-refractivity contribution is 6.03. The van der Waals surface area contributed by atoms with Gasteiger partial charge in [-0.05, 0) is 66.5 Å². The Kier molecular flexibility index (Phi) is 11.3. The Morgan fingerprint density at radius 3 is 2.21 bits per heavy atom. The third kappa shape index (κ3) is 9.59. The third-order valence-corrected chi connectivity index (χ3v) is 7.46. The molecular formula is C34H43F4N3O7. The van der Waals surface area contributed by atoms with Crippen molar-refractivity contribution in [2.75, 3.05) is 42.6 Å². The zero-order chi connectivity index (χ0) is 35.4. The van der Waals surface area contributed by atoms with Crippen LogP contribution in [0.25, 0.3) is 0 Å². The van der Waals surface area contributed by atoms with Crippen molar-refractivity contribution in [3.63, 3.8) is 0 Å². The first-order valence-electron chi connectivity index (χ1n) is 15.8. The summed E-state index contributed by atoms with van der Waals surface area (Å²) in [6.45, 7) is 10.2. The molecular weight excluding hydrogens is 638 g/mol. The maximum absolute atomic E-state index is 16.8. The van der Waals surface area contributed by atoms with Crippen LogP contribution in [0.15, 0.2) is 36.4 Å². The summed E-state index contributed by atoms with van der Waals surface area (Å²) in [5, 5.41) is 3.28. The van der Waals surface area contributed by atoms with E-state index in [4.69, 9.17) is 18.9 Å². The predicted molar refractivity (Wildman–Crippen MR) is 169 cm³/mol. The molecule has 0 radical (unpaired) electrons. The summed E-state index contributed by atoms with van der Waals surface area (Å²) in [5.41, 5.74) is -2.44.